The maximum atomic E-state index is 11.6. The topological polar surface area (TPSA) is 64.3 Å². The summed E-state index contributed by atoms with van der Waals surface area (Å²) in [5, 5.41) is 0. The van der Waals surface area contributed by atoms with E-state index in [1.165, 1.54) is 0 Å². The SMILES string of the molecule is CC(C)(C)ONC(=O)c1ccc(Br)c(N)c1. The molecule has 0 aliphatic heterocycles. The summed E-state index contributed by atoms with van der Waals surface area (Å²) in [6.45, 7) is 5.55. The number of benzene rings is 1. The van der Waals surface area contributed by atoms with Crippen molar-refractivity contribution in [2.24, 2.45) is 0 Å². The largest absolute Gasteiger partial charge is 0.398 e. The first kappa shape index (κ1) is 13.0. The standard InChI is InChI=1S/C11H15BrN2O2/c1-11(2,3)16-14-10(15)7-4-5-8(12)9(13)6-7/h4-6H,13H2,1-3H3,(H,14,15). The van der Waals surface area contributed by atoms with Crippen LogP contribution >= 0.6 is 15.9 Å². The van der Waals surface area contributed by atoms with Gasteiger partial charge in [-0.25, -0.2) is 5.48 Å². The van der Waals surface area contributed by atoms with Gasteiger partial charge in [-0.3, -0.25) is 9.63 Å². The summed E-state index contributed by atoms with van der Waals surface area (Å²) >= 11 is 3.26. The molecule has 5 heteroatoms. The van der Waals surface area contributed by atoms with Gasteiger partial charge in [0.1, 0.15) is 0 Å². The lowest BCUT2D eigenvalue weighted by Gasteiger charge is -2.19. The van der Waals surface area contributed by atoms with Crippen LogP contribution in [-0.4, -0.2) is 11.5 Å². The minimum Gasteiger partial charge on any atom is -0.398 e. The molecular formula is C11H15BrN2O2. The van der Waals surface area contributed by atoms with Crippen LogP contribution in [0, 0.1) is 0 Å². The Hall–Kier alpha value is -1.07. The lowest BCUT2D eigenvalue weighted by Crippen LogP contribution is -2.33. The summed E-state index contributed by atoms with van der Waals surface area (Å²) in [5.41, 5.74) is 8.61. The number of hydroxylamine groups is 1. The highest BCUT2D eigenvalue weighted by Gasteiger charge is 2.14. The molecule has 0 aromatic heterocycles. The highest BCUT2D eigenvalue weighted by Crippen LogP contribution is 2.20. The van der Waals surface area contributed by atoms with Crippen LogP contribution in [-0.2, 0) is 4.84 Å². The molecule has 0 bridgehead atoms. The average Bonchev–Trinajstić information content (AvgIpc) is 2.17. The van der Waals surface area contributed by atoms with E-state index in [2.05, 4.69) is 21.4 Å². The van der Waals surface area contributed by atoms with E-state index in [-0.39, 0.29) is 5.91 Å². The van der Waals surface area contributed by atoms with Crippen molar-refractivity contribution in [3.8, 4) is 0 Å². The highest BCUT2D eigenvalue weighted by molar-refractivity contribution is 9.10. The van der Waals surface area contributed by atoms with E-state index >= 15 is 0 Å². The third-order valence-corrected chi connectivity index (χ3v) is 2.43. The van der Waals surface area contributed by atoms with Gasteiger partial charge >= 0.3 is 0 Å². The molecule has 88 valence electrons. The average molecular weight is 287 g/mol. The first-order valence-electron chi connectivity index (χ1n) is 4.83. The van der Waals surface area contributed by atoms with Crippen LogP contribution in [0.25, 0.3) is 0 Å². The lowest BCUT2D eigenvalue weighted by molar-refractivity contribution is -0.0589. The number of carbonyl (C=O) groups excluding carboxylic acids is 1. The summed E-state index contributed by atoms with van der Waals surface area (Å²) in [7, 11) is 0. The summed E-state index contributed by atoms with van der Waals surface area (Å²) in [6, 6.07) is 4.98. The molecule has 1 aromatic rings. The minimum absolute atomic E-state index is 0.311. The van der Waals surface area contributed by atoms with Gasteiger partial charge in [-0.15, -0.1) is 0 Å². The zero-order valence-electron chi connectivity index (χ0n) is 9.50. The van der Waals surface area contributed by atoms with E-state index in [4.69, 9.17) is 10.6 Å². The van der Waals surface area contributed by atoms with Crippen LogP contribution in [0.1, 0.15) is 31.1 Å². The number of hydrogen-bond donors (Lipinski definition) is 2. The molecule has 0 saturated carbocycles. The molecule has 0 saturated heterocycles. The number of hydrogen-bond acceptors (Lipinski definition) is 3. The highest BCUT2D eigenvalue weighted by atomic mass is 79.9. The van der Waals surface area contributed by atoms with Gasteiger partial charge in [0, 0.05) is 15.7 Å². The number of anilines is 1. The van der Waals surface area contributed by atoms with Crippen molar-refractivity contribution in [3.63, 3.8) is 0 Å². The van der Waals surface area contributed by atoms with Crippen molar-refractivity contribution in [1.82, 2.24) is 5.48 Å². The monoisotopic (exact) mass is 286 g/mol. The molecule has 0 aliphatic rings. The molecule has 4 nitrogen and oxygen atoms in total. The molecule has 1 aromatic carbocycles. The minimum atomic E-state index is -0.420. The number of nitrogens with one attached hydrogen (secondary N) is 1. The van der Waals surface area contributed by atoms with Gasteiger partial charge in [-0.05, 0) is 54.9 Å². The number of amides is 1. The summed E-state index contributed by atoms with van der Waals surface area (Å²) in [5.74, 6) is -0.311. The first-order valence-corrected chi connectivity index (χ1v) is 5.62. The Kier molecular flexibility index (Phi) is 3.93. The van der Waals surface area contributed by atoms with E-state index in [9.17, 15) is 4.79 Å². The van der Waals surface area contributed by atoms with Gasteiger partial charge in [0.15, 0.2) is 0 Å². The lowest BCUT2D eigenvalue weighted by atomic mass is 10.2. The second-order valence-corrected chi connectivity index (χ2v) is 5.24. The predicted octanol–water partition coefficient (Wildman–Crippen LogP) is 2.49. The van der Waals surface area contributed by atoms with Gasteiger partial charge in [0.25, 0.3) is 5.91 Å². The Bertz CT molecular complexity index is 399. The molecule has 0 unspecified atom stereocenters. The second kappa shape index (κ2) is 4.84. The molecule has 0 aliphatic carbocycles. The second-order valence-electron chi connectivity index (χ2n) is 4.38. The fourth-order valence-corrected chi connectivity index (χ4v) is 1.19. The Morgan fingerprint density at radius 1 is 1.44 bits per heavy atom. The quantitative estimate of drug-likeness (QED) is 0.649. The van der Waals surface area contributed by atoms with Crippen molar-refractivity contribution in [1.29, 1.82) is 0 Å². The third kappa shape index (κ3) is 3.83. The molecule has 1 rings (SSSR count). The Labute approximate surface area is 103 Å². The van der Waals surface area contributed by atoms with Crippen LogP contribution in [0.4, 0.5) is 5.69 Å². The van der Waals surface area contributed by atoms with E-state index in [0.717, 1.165) is 4.47 Å². The van der Waals surface area contributed by atoms with Crippen LogP contribution in [0.2, 0.25) is 0 Å². The van der Waals surface area contributed by atoms with Crippen LogP contribution in [0.3, 0.4) is 0 Å². The number of nitrogens with two attached hydrogens (primary N) is 1. The summed E-state index contributed by atoms with van der Waals surface area (Å²) in [4.78, 5) is 16.8. The third-order valence-electron chi connectivity index (χ3n) is 1.71. The van der Waals surface area contributed by atoms with Crippen molar-refractivity contribution in [2.75, 3.05) is 5.73 Å². The summed E-state index contributed by atoms with van der Waals surface area (Å²) < 4.78 is 0.765. The smallest absolute Gasteiger partial charge is 0.274 e. The molecule has 0 spiro atoms. The first-order chi connectivity index (χ1) is 7.29. The van der Waals surface area contributed by atoms with E-state index in [1.54, 1.807) is 18.2 Å². The zero-order valence-corrected chi connectivity index (χ0v) is 11.1. The molecule has 0 heterocycles. The predicted molar refractivity (Wildman–Crippen MR) is 66.9 cm³/mol. The van der Waals surface area contributed by atoms with Gasteiger partial charge < -0.3 is 5.73 Å². The summed E-state index contributed by atoms with van der Waals surface area (Å²) in [6.07, 6.45) is 0. The molecule has 0 fully saturated rings. The normalized spacial score (nSPS) is 11.2. The Morgan fingerprint density at radius 2 is 2.06 bits per heavy atom. The Balaban J connectivity index is 2.70. The zero-order chi connectivity index (χ0) is 12.3. The maximum absolute atomic E-state index is 11.6. The Morgan fingerprint density at radius 3 is 2.56 bits per heavy atom. The number of carbonyl (C=O) groups is 1. The molecule has 0 atom stereocenters. The van der Waals surface area contributed by atoms with Gasteiger partial charge in [-0.2, -0.15) is 0 Å². The number of halogens is 1. The van der Waals surface area contributed by atoms with Gasteiger partial charge in [-0.1, -0.05) is 0 Å². The van der Waals surface area contributed by atoms with Crippen molar-refractivity contribution >= 4 is 27.5 Å². The number of rotatable bonds is 2. The number of nitrogen functional groups attached to an aromatic ring is 1. The van der Waals surface area contributed by atoms with E-state index in [0.29, 0.717) is 11.3 Å². The van der Waals surface area contributed by atoms with Crippen LogP contribution < -0.4 is 11.2 Å². The van der Waals surface area contributed by atoms with Crippen molar-refractivity contribution in [2.45, 2.75) is 26.4 Å². The van der Waals surface area contributed by atoms with Crippen molar-refractivity contribution in [3.05, 3.63) is 28.2 Å². The molecular weight excluding hydrogens is 272 g/mol. The van der Waals surface area contributed by atoms with Crippen LogP contribution in [0.15, 0.2) is 22.7 Å². The van der Waals surface area contributed by atoms with E-state index < -0.39 is 5.60 Å². The fraction of sp³-hybridized carbons (Fsp3) is 0.364. The fourth-order valence-electron chi connectivity index (χ4n) is 0.943. The van der Waals surface area contributed by atoms with Gasteiger partial charge in [0.05, 0.1) is 5.60 Å². The van der Waals surface area contributed by atoms with Crippen molar-refractivity contribution < 1.29 is 9.63 Å². The molecule has 3 N–H and O–H groups in total. The molecule has 0 radical (unpaired) electrons. The van der Waals surface area contributed by atoms with Crippen LogP contribution in [0.5, 0.6) is 0 Å². The van der Waals surface area contributed by atoms with Gasteiger partial charge in [0.2, 0.25) is 0 Å². The molecule has 16 heavy (non-hydrogen) atoms. The maximum Gasteiger partial charge on any atom is 0.274 e. The van der Waals surface area contributed by atoms with E-state index in [1.807, 2.05) is 20.8 Å². The molecule has 1 amide bonds.